The van der Waals surface area contributed by atoms with Gasteiger partial charge in [0.1, 0.15) is 5.65 Å². The summed E-state index contributed by atoms with van der Waals surface area (Å²) < 4.78 is 2.13. The Hall–Kier alpha value is -1.88. The molecule has 3 heterocycles. The number of nitrogens with zero attached hydrogens (tertiary/aromatic N) is 3. The molecular weight excluding hydrogens is 308 g/mol. The minimum atomic E-state index is 0.732. The molecule has 5 heteroatoms. The maximum atomic E-state index is 6.22. The Balaban J connectivity index is 1.82. The van der Waals surface area contributed by atoms with E-state index in [2.05, 4.69) is 38.9 Å². The van der Waals surface area contributed by atoms with Gasteiger partial charge < -0.3 is 9.72 Å². The Bertz CT molecular complexity index is 807. The molecule has 23 heavy (non-hydrogen) atoms. The minimum Gasteiger partial charge on any atom is -0.314 e. The molecule has 4 nitrogen and oxygen atoms in total. The smallest absolute Gasteiger partial charge is 0.137 e. The summed E-state index contributed by atoms with van der Waals surface area (Å²) in [4.78, 5) is 7.32. The van der Waals surface area contributed by atoms with Crippen LogP contribution < -0.4 is 5.32 Å². The zero-order valence-corrected chi connectivity index (χ0v) is 13.6. The van der Waals surface area contributed by atoms with E-state index in [0.29, 0.717) is 0 Å². The van der Waals surface area contributed by atoms with Crippen molar-refractivity contribution >= 4 is 17.2 Å². The molecule has 0 spiro atoms. The van der Waals surface area contributed by atoms with Gasteiger partial charge in [-0.3, -0.25) is 4.90 Å². The fraction of sp³-hybridized carbons (Fsp3) is 0.278. The largest absolute Gasteiger partial charge is 0.314 e. The normalized spacial score (nSPS) is 16.0. The van der Waals surface area contributed by atoms with Crippen molar-refractivity contribution in [3.05, 3.63) is 59.4 Å². The Morgan fingerprint density at radius 3 is 2.61 bits per heavy atom. The second kappa shape index (κ2) is 6.32. The van der Waals surface area contributed by atoms with Crippen molar-refractivity contribution in [2.45, 2.75) is 6.54 Å². The molecule has 2 aromatic heterocycles. The third-order valence-corrected chi connectivity index (χ3v) is 4.54. The first-order valence-corrected chi connectivity index (χ1v) is 8.34. The zero-order valence-electron chi connectivity index (χ0n) is 12.9. The van der Waals surface area contributed by atoms with Gasteiger partial charge in [-0.15, -0.1) is 0 Å². The number of halogens is 1. The highest BCUT2D eigenvalue weighted by Crippen LogP contribution is 2.26. The van der Waals surface area contributed by atoms with Crippen LogP contribution in [0, 0.1) is 0 Å². The predicted molar refractivity (Wildman–Crippen MR) is 93.8 cm³/mol. The van der Waals surface area contributed by atoms with E-state index in [9.17, 15) is 0 Å². The molecule has 1 saturated heterocycles. The molecule has 0 radical (unpaired) electrons. The summed E-state index contributed by atoms with van der Waals surface area (Å²) >= 11 is 6.22. The predicted octanol–water partition coefficient (Wildman–Crippen LogP) is 3.06. The summed E-state index contributed by atoms with van der Waals surface area (Å²) in [5.74, 6) is 0. The second-order valence-electron chi connectivity index (χ2n) is 5.87. The van der Waals surface area contributed by atoms with Crippen LogP contribution in [0.15, 0.2) is 48.7 Å². The van der Waals surface area contributed by atoms with E-state index in [-0.39, 0.29) is 0 Å². The van der Waals surface area contributed by atoms with Crippen LogP contribution in [0.5, 0.6) is 0 Å². The van der Waals surface area contributed by atoms with Crippen LogP contribution in [0.25, 0.3) is 16.9 Å². The maximum absolute atomic E-state index is 6.22. The highest BCUT2D eigenvalue weighted by atomic mass is 35.5. The summed E-state index contributed by atoms with van der Waals surface area (Å²) in [6, 6.07) is 14.3. The first-order valence-electron chi connectivity index (χ1n) is 7.96. The zero-order chi connectivity index (χ0) is 15.6. The van der Waals surface area contributed by atoms with Crippen LogP contribution >= 0.6 is 11.6 Å². The van der Waals surface area contributed by atoms with Gasteiger partial charge in [0.2, 0.25) is 0 Å². The van der Waals surface area contributed by atoms with Gasteiger partial charge in [0.25, 0.3) is 0 Å². The van der Waals surface area contributed by atoms with Gasteiger partial charge in [-0.25, -0.2) is 4.98 Å². The lowest BCUT2D eigenvalue weighted by Gasteiger charge is -2.27. The summed E-state index contributed by atoms with van der Waals surface area (Å²) in [5.41, 5.74) is 4.35. The summed E-state index contributed by atoms with van der Waals surface area (Å²) in [7, 11) is 0. The molecule has 0 aliphatic carbocycles. The number of piperazine rings is 1. The topological polar surface area (TPSA) is 32.6 Å². The van der Waals surface area contributed by atoms with Crippen LogP contribution in [0.4, 0.5) is 0 Å². The van der Waals surface area contributed by atoms with E-state index >= 15 is 0 Å². The summed E-state index contributed by atoms with van der Waals surface area (Å²) in [5, 5.41) is 4.13. The van der Waals surface area contributed by atoms with Crippen LogP contribution in [0.2, 0.25) is 5.02 Å². The van der Waals surface area contributed by atoms with Crippen molar-refractivity contribution < 1.29 is 0 Å². The van der Waals surface area contributed by atoms with E-state index in [1.165, 1.54) is 5.69 Å². The quantitative estimate of drug-likeness (QED) is 0.803. The molecule has 118 valence electrons. The van der Waals surface area contributed by atoms with Gasteiger partial charge in [-0.2, -0.15) is 0 Å². The molecule has 0 saturated carbocycles. The number of rotatable bonds is 3. The van der Waals surface area contributed by atoms with Gasteiger partial charge in [0.15, 0.2) is 0 Å². The molecule has 1 aliphatic heterocycles. The molecule has 4 rings (SSSR count). The SMILES string of the molecule is Clc1ccc2nc(-c3ccccc3)c(CN3CCNCC3)n2c1. The van der Waals surface area contributed by atoms with Crippen LogP contribution in [-0.2, 0) is 6.54 Å². The first kappa shape index (κ1) is 14.7. The number of hydrogen-bond donors (Lipinski definition) is 1. The van der Waals surface area contributed by atoms with Crippen molar-refractivity contribution in [2.24, 2.45) is 0 Å². The Morgan fingerprint density at radius 2 is 1.83 bits per heavy atom. The molecule has 3 aromatic rings. The number of benzene rings is 1. The number of fused-ring (bicyclic) bond motifs is 1. The average molecular weight is 327 g/mol. The Morgan fingerprint density at radius 1 is 1.04 bits per heavy atom. The minimum absolute atomic E-state index is 0.732. The first-order chi connectivity index (χ1) is 11.3. The Kier molecular flexibility index (Phi) is 4.04. The number of hydrogen-bond acceptors (Lipinski definition) is 3. The van der Waals surface area contributed by atoms with E-state index in [0.717, 1.165) is 54.7 Å². The fourth-order valence-corrected chi connectivity index (χ4v) is 3.29. The van der Waals surface area contributed by atoms with E-state index in [1.54, 1.807) is 0 Å². The van der Waals surface area contributed by atoms with Crippen LogP contribution in [0.1, 0.15) is 5.69 Å². The summed E-state index contributed by atoms with van der Waals surface area (Å²) in [6.45, 7) is 5.08. The summed E-state index contributed by atoms with van der Waals surface area (Å²) in [6.07, 6.45) is 1.97. The average Bonchev–Trinajstić information content (AvgIpc) is 2.95. The standard InChI is InChI=1S/C18H19ClN4/c19-15-6-7-17-21-18(14-4-2-1-3-5-14)16(23(17)12-15)13-22-10-8-20-9-11-22/h1-7,12,20H,8-11,13H2. The van der Waals surface area contributed by atoms with Crippen LogP contribution in [-0.4, -0.2) is 40.5 Å². The van der Waals surface area contributed by atoms with E-state index < -0.39 is 0 Å². The van der Waals surface area contributed by atoms with Crippen LogP contribution in [0.3, 0.4) is 0 Å². The molecule has 1 aromatic carbocycles. The van der Waals surface area contributed by atoms with Gasteiger partial charge >= 0.3 is 0 Å². The highest BCUT2D eigenvalue weighted by molar-refractivity contribution is 6.30. The molecule has 0 bridgehead atoms. The van der Waals surface area contributed by atoms with E-state index in [1.807, 2.05) is 24.4 Å². The van der Waals surface area contributed by atoms with Gasteiger partial charge in [0.05, 0.1) is 16.4 Å². The highest BCUT2D eigenvalue weighted by Gasteiger charge is 2.18. The van der Waals surface area contributed by atoms with E-state index in [4.69, 9.17) is 16.6 Å². The Labute approximate surface area is 140 Å². The number of imidazole rings is 1. The molecule has 1 N–H and O–H groups in total. The molecule has 1 fully saturated rings. The van der Waals surface area contributed by atoms with Crippen molar-refractivity contribution in [2.75, 3.05) is 26.2 Å². The van der Waals surface area contributed by atoms with Gasteiger partial charge in [0, 0.05) is 44.5 Å². The third-order valence-electron chi connectivity index (χ3n) is 4.31. The second-order valence-corrected chi connectivity index (χ2v) is 6.31. The monoisotopic (exact) mass is 326 g/mol. The molecule has 0 atom stereocenters. The fourth-order valence-electron chi connectivity index (χ4n) is 3.13. The molecule has 0 amide bonds. The van der Waals surface area contributed by atoms with Crippen molar-refractivity contribution in [3.63, 3.8) is 0 Å². The molecule has 1 aliphatic rings. The third kappa shape index (κ3) is 2.98. The van der Waals surface area contributed by atoms with Gasteiger partial charge in [-0.1, -0.05) is 41.9 Å². The lowest BCUT2D eigenvalue weighted by atomic mass is 10.1. The van der Waals surface area contributed by atoms with Gasteiger partial charge in [-0.05, 0) is 12.1 Å². The van der Waals surface area contributed by atoms with Crippen molar-refractivity contribution in [1.82, 2.24) is 19.6 Å². The maximum Gasteiger partial charge on any atom is 0.137 e. The van der Waals surface area contributed by atoms with Crippen molar-refractivity contribution in [3.8, 4) is 11.3 Å². The van der Waals surface area contributed by atoms with Crippen molar-refractivity contribution in [1.29, 1.82) is 0 Å². The lowest BCUT2D eigenvalue weighted by molar-refractivity contribution is 0.230. The number of pyridine rings is 1. The lowest BCUT2D eigenvalue weighted by Crippen LogP contribution is -2.43. The molecule has 0 unspecified atom stereocenters. The number of aromatic nitrogens is 2. The molecular formula is C18H19ClN4. The number of nitrogens with one attached hydrogen (secondary N) is 1.